The maximum atomic E-state index is 11.8. The van der Waals surface area contributed by atoms with E-state index in [4.69, 9.17) is 14.2 Å². The van der Waals surface area contributed by atoms with E-state index in [9.17, 15) is 4.79 Å². The lowest BCUT2D eigenvalue weighted by Gasteiger charge is -2.13. The number of aromatic nitrogens is 2. The molecule has 0 fully saturated rings. The SMILES string of the molecule is C/C=C/c1ccc(OCCCn2c(CNC(=O)COC)nc3ccccc32)c(OC)c1. The number of hydrogen-bond acceptors (Lipinski definition) is 5. The van der Waals surface area contributed by atoms with Crippen molar-refractivity contribution in [1.82, 2.24) is 14.9 Å². The molecule has 2 aromatic carbocycles. The number of rotatable bonds is 11. The molecule has 3 aromatic rings. The summed E-state index contributed by atoms with van der Waals surface area (Å²) in [5.41, 5.74) is 3.00. The van der Waals surface area contributed by atoms with Gasteiger partial charge >= 0.3 is 0 Å². The molecule has 0 unspecified atom stereocenters. The summed E-state index contributed by atoms with van der Waals surface area (Å²) in [6.07, 6.45) is 4.78. The summed E-state index contributed by atoms with van der Waals surface area (Å²) in [7, 11) is 3.14. The molecule has 0 spiro atoms. The van der Waals surface area contributed by atoms with Crippen molar-refractivity contribution in [1.29, 1.82) is 0 Å². The predicted molar refractivity (Wildman–Crippen MR) is 121 cm³/mol. The first-order chi connectivity index (χ1) is 15.2. The number of carbonyl (C=O) groups is 1. The summed E-state index contributed by atoms with van der Waals surface area (Å²) in [4.78, 5) is 16.5. The highest BCUT2D eigenvalue weighted by Gasteiger charge is 2.12. The molecule has 0 aliphatic heterocycles. The summed E-state index contributed by atoms with van der Waals surface area (Å²) in [6.45, 7) is 3.60. The molecule has 0 radical (unpaired) electrons. The van der Waals surface area contributed by atoms with Gasteiger partial charge < -0.3 is 24.1 Å². The number of nitrogens with zero attached hydrogens (tertiary/aromatic N) is 2. The summed E-state index contributed by atoms with van der Waals surface area (Å²) >= 11 is 0. The molecule has 0 aliphatic rings. The van der Waals surface area contributed by atoms with E-state index in [-0.39, 0.29) is 12.5 Å². The van der Waals surface area contributed by atoms with Gasteiger partial charge in [-0.1, -0.05) is 30.4 Å². The number of ether oxygens (including phenoxy) is 3. The largest absolute Gasteiger partial charge is 0.493 e. The van der Waals surface area contributed by atoms with E-state index < -0.39 is 0 Å². The van der Waals surface area contributed by atoms with Gasteiger partial charge in [-0.25, -0.2) is 4.98 Å². The fourth-order valence-electron chi connectivity index (χ4n) is 3.37. The van der Waals surface area contributed by atoms with Crippen LogP contribution in [0, 0.1) is 0 Å². The molecule has 0 bridgehead atoms. The standard InChI is InChI=1S/C24H29N3O4/c1-4-8-18-11-12-21(22(15-18)30-3)31-14-7-13-27-20-10-6-5-9-19(20)26-23(27)16-25-24(28)17-29-2/h4-6,8-12,15H,7,13-14,16-17H2,1-3H3,(H,25,28)/b8-4+. The summed E-state index contributed by atoms with van der Waals surface area (Å²) in [5.74, 6) is 2.07. The zero-order valence-corrected chi connectivity index (χ0v) is 18.3. The highest BCUT2D eigenvalue weighted by atomic mass is 16.5. The minimum Gasteiger partial charge on any atom is -0.493 e. The minimum absolute atomic E-state index is 0.0305. The van der Waals surface area contributed by atoms with Crippen LogP contribution in [0.2, 0.25) is 0 Å². The monoisotopic (exact) mass is 423 g/mol. The van der Waals surface area contributed by atoms with Crippen LogP contribution in [0.15, 0.2) is 48.5 Å². The lowest BCUT2D eigenvalue weighted by Crippen LogP contribution is -2.28. The molecule has 31 heavy (non-hydrogen) atoms. The molecular weight excluding hydrogens is 394 g/mol. The Labute approximate surface area is 182 Å². The Kier molecular flexibility index (Phi) is 8.06. The molecule has 7 nitrogen and oxygen atoms in total. The van der Waals surface area contributed by atoms with Crippen LogP contribution in [0.5, 0.6) is 11.5 Å². The van der Waals surface area contributed by atoms with Crippen molar-refractivity contribution in [3.8, 4) is 11.5 Å². The molecule has 1 N–H and O–H groups in total. The van der Waals surface area contributed by atoms with E-state index in [1.807, 2.05) is 61.5 Å². The van der Waals surface area contributed by atoms with E-state index in [2.05, 4.69) is 14.9 Å². The number of amides is 1. The number of hydrogen-bond donors (Lipinski definition) is 1. The van der Waals surface area contributed by atoms with Crippen LogP contribution in [0.4, 0.5) is 0 Å². The minimum atomic E-state index is -0.169. The smallest absolute Gasteiger partial charge is 0.246 e. The number of methoxy groups -OCH3 is 2. The van der Waals surface area contributed by atoms with Crippen LogP contribution in [0.25, 0.3) is 17.1 Å². The van der Waals surface area contributed by atoms with Crippen molar-refractivity contribution >= 4 is 23.0 Å². The summed E-state index contributed by atoms with van der Waals surface area (Å²) < 4.78 is 18.4. The number of carbonyl (C=O) groups excluding carboxylic acids is 1. The van der Waals surface area contributed by atoms with Gasteiger partial charge in [0, 0.05) is 13.7 Å². The Morgan fingerprint density at radius 1 is 1.16 bits per heavy atom. The van der Waals surface area contributed by atoms with Crippen LogP contribution in [0.3, 0.4) is 0 Å². The zero-order valence-electron chi connectivity index (χ0n) is 18.3. The maximum Gasteiger partial charge on any atom is 0.246 e. The average molecular weight is 424 g/mol. The number of fused-ring (bicyclic) bond motifs is 1. The Morgan fingerprint density at radius 3 is 2.77 bits per heavy atom. The average Bonchev–Trinajstić information content (AvgIpc) is 3.14. The summed E-state index contributed by atoms with van der Waals surface area (Å²) in [6, 6.07) is 13.8. The van der Waals surface area contributed by atoms with E-state index in [1.54, 1.807) is 7.11 Å². The molecule has 0 atom stereocenters. The summed E-state index contributed by atoms with van der Waals surface area (Å²) in [5, 5.41) is 2.85. The molecule has 0 aliphatic carbocycles. The van der Waals surface area contributed by atoms with Crippen LogP contribution in [-0.2, 0) is 22.6 Å². The fourth-order valence-corrected chi connectivity index (χ4v) is 3.37. The van der Waals surface area contributed by atoms with Crippen LogP contribution in [0.1, 0.15) is 24.7 Å². The van der Waals surface area contributed by atoms with E-state index >= 15 is 0 Å². The van der Waals surface area contributed by atoms with E-state index in [0.717, 1.165) is 41.1 Å². The quantitative estimate of drug-likeness (QED) is 0.475. The third-order valence-corrected chi connectivity index (χ3v) is 4.78. The molecule has 164 valence electrons. The van der Waals surface area contributed by atoms with Gasteiger partial charge in [0.05, 0.1) is 31.3 Å². The fraction of sp³-hybridized carbons (Fsp3) is 0.333. The maximum absolute atomic E-state index is 11.8. The molecule has 0 saturated carbocycles. The van der Waals surface area contributed by atoms with Gasteiger partial charge in [-0.3, -0.25) is 4.79 Å². The van der Waals surface area contributed by atoms with Crippen LogP contribution >= 0.6 is 0 Å². The van der Waals surface area contributed by atoms with Crippen molar-refractivity contribution in [2.24, 2.45) is 0 Å². The van der Waals surface area contributed by atoms with Crippen LogP contribution < -0.4 is 14.8 Å². The van der Waals surface area contributed by atoms with Gasteiger partial charge in [-0.05, 0) is 43.2 Å². The highest BCUT2D eigenvalue weighted by Crippen LogP contribution is 2.28. The van der Waals surface area contributed by atoms with Crippen molar-refractivity contribution in [3.63, 3.8) is 0 Å². The molecule has 1 aromatic heterocycles. The first-order valence-corrected chi connectivity index (χ1v) is 10.3. The number of allylic oxidation sites excluding steroid dienone is 1. The first kappa shape index (κ1) is 22.4. The van der Waals surface area contributed by atoms with Crippen molar-refractivity contribution < 1.29 is 19.0 Å². The number of benzene rings is 2. The normalized spacial score (nSPS) is 11.2. The topological polar surface area (TPSA) is 74.6 Å². The van der Waals surface area contributed by atoms with E-state index in [1.165, 1.54) is 7.11 Å². The van der Waals surface area contributed by atoms with Gasteiger partial charge in [-0.15, -0.1) is 0 Å². The molecule has 1 amide bonds. The lowest BCUT2D eigenvalue weighted by atomic mass is 10.2. The molecular formula is C24H29N3O4. The third kappa shape index (κ3) is 5.86. The van der Waals surface area contributed by atoms with Gasteiger partial charge in [0.1, 0.15) is 12.4 Å². The third-order valence-electron chi connectivity index (χ3n) is 4.78. The number of imidazole rings is 1. The molecule has 0 saturated heterocycles. The Hall–Kier alpha value is -3.32. The van der Waals surface area contributed by atoms with Crippen molar-refractivity contribution in [3.05, 3.63) is 59.9 Å². The zero-order chi connectivity index (χ0) is 22.1. The second-order valence-electron chi connectivity index (χ2n) is 6.99. The highest BCUT2D eigenvalue weighted by molar-refractivity contribution is 5.78. The second kappa shape index (κ2) is 11.2. The lowest BCUT2D eigenvalue weighted by molar-refractivity contribution is -0.124. The Morgan fingerprint density at radius 2 is 2.00 bits per heavy atom. The first-order valence-electron chi connectivity index (χ1n) is 10.3. The van der Waals surface area contributed by atoms with Gasteiger partial charge in [-0.2, -0.15) is 0 Å². The van der Waals surface area contributed by atoms with E-state index in [0.29, 0.717) is 18.9 Å². The number of aryl methyl sites for hydroxylation is 1. The predicted octanol–water partition coefficient (Wildman–Crippen LogP) is 3.81. The second-order valence-corrected chi connectivity index (χ2v) is 6.99. The Bertz CT molecular complexity index is 1040. The van der Waals surface area contributed by atoms with Gasteiger partial charge in [0.15, 0.2) is 11.5 Å². The number of para-hydroxylation sites is 2. The Balaban J connectivity index is 1.65. The molecule has 7 heteroatoms. The van der Waals surface area contributed by atoms with Crippen LogP contribution in [-0.4, -0.2) is 42.9 Å². The van der Waals surface area contributed by atoms with Crippen molar-refractivity contribution in [2.45, 2.75) is 26.4 Å². The number of nitrogens with one attached hydrogen (secondary N) is 1. The van der Waals surface area contributed by atoms with Gasteiger partial charge in [0.2, 0.25) is 5.91 Å². The molecule has 1 heterocycles. The van der Waals surface area contributed by atoms with Gasteiger partial charge in [0.25, 0.3) is 0 Å². The molecule has 3 rings (SSSR count). The van der Waals surface area contributed by atoms with Crippen molar-refractivity contribution in [2.75, 3.05) is 27.4 Å².